The van der Waals surface area contributed by atoms with Gasteiger partial charge in [-0.25, -0.2) is 13.1 Å². The number of benzene rings is 1. The molecule has 2 unspecified atom stereocenters. The van der Waals surface area contributed by atoms with E-state index in [2.05, 4.69) is 17.0 Å². The van der Waals surface area contributed by atoms with Gasteiger partial charge in [0.15, 0.2) is 0 Å². The Morgan fingerprint density at radius 3 is 2.55 bits per heavy atom. The summed E-state index contributed by atoms with van der Waals surface area (Å²) >= 11 is 1.85. The quantitative estimate of drug-likeness (QED) is 0.847. The van der Waals surface area contributed by atoms with Gasteiger partial charge in [0.25, 0.3) is 0 Å². The van der Waals surface area contributed by atoms with Gasteiger partial charge >= 0.3 is 0 Å². The minimum atomic E-state index is -3.41. The van der Waals surface area contributed by atoms with Crippen molar-refractivity contribution in [3.63, 3.8) is 0 Å². The maximum absolute atomic E-state index is 12.4. The second-order valence-electron chi connectivity index (χ2n) is 4.93. The van der Waals surface area contributed by atoms with Gasteiger partial charge in [0.2, 0.25) is 10.0 Å². The third-order valence-electron chi connectivity index (χ3n) is 3.59. The Kier molecular flexibility index (Phi) is 5.35. The van der Waals surface area contributed by atoms with Crippen LogP contribution in [-0.4, -0.2) is 32.5 Å². The number of rotatable bonds is 6. The van der Waals surface area contributed by atoms with E-state index in [0.717, 1.165) is 30.7 Å². The van der Waals surface area contributed by atoms with Crippen molar-refractivity contribution in [1.82, 2.24) is 4.72 Å². The maximum atomic E-state index is 12.4. The monoisotopic (exact) mass is 314 g/mol. The standard InChI is InChI=1S/C14H22N2O2S2/c1-3-19-14-6-4-5-13(14)16-20(17,18)12-9-7-11(15-2)8-10-12/h7-10,13-16H,3-6H2,1-2H3. The van der Waals surface area contributed by atoms with E-state index in [9.17, 15) is 8.42 Å². The van der Waals surface area contributed by atoms with Gasteiger partial charge in [-0.1, -0.05) is 13.3 Å². The molecular formula is C14H22N2O2S2. The molecule has 0 aromatic heterocycles. The Bertz CT molecular complexity index is 529. The van der Waals surface area contributed by atoms with Gasteiger partial charge < -0.3 is 5.32 Å². The lowest BCUT2D eigenvalue weighted by Gasteiger charge is -2.20. The molecule has 2 rings (SSSR count). The lowest BCUT2D eigenvalue weighted by Crippen LogP contribution is -2.38. The van der Waals surface area contributed by atoms with Gasteiger partial charge in [0.05, 0.1) is 4.90 Å². The fourth-order valence-electron chi connectivity index (χ4n) is 2.54. The van der Waals surface area contributed by atoms with Crippen LogP contribution in [0.3, 0.4) is 0 Å². The fraction of sp³-hybridized carbons (Fsp3) is 0.571. The molecule has 0 saturated heterocycles. The summed E-state index contributed by atoms with van der Waals surface area (Å²) in [6, 6.07) is 6.91. The summed E-state index contributed by atoms with van der Waals surface area (Å²) in [7, 11) is -1.60. The number of anilines is 1. The Morgan fingerprint density at radius 2 is 1.95 bits per heavy atom. The van der Waals surface area contributed by atoms with Crippen molar-refractivity contribution in [3.05, 3.63) is 24.3 Å². The van der Waals surface area contributed by atoms with E-state index in [-0.39, 0.29) is 6.04 Å². The molecule has 0 bridgehead atoms. The molecule has 0 radical (unpaired) electrons. The van der Waals surface area contributed by atoms with E-state index < -0.39 is 10.0 Å². The molecule has 2 atom stereocenters. The van der Waals surface area contributed by atoms with Crippen molar-refractivity contribution >= 4 is 27.5 Å². The first-order valence-corrected chi connectivity index (χ1v) is 9.51. The van der Waals surface area contributed by atoms with E-state index in [1.165, 1.54) is 0 Å². The van der Waals surface area contributed by atoms with Gasteiger partial charge in [-0.15, -0.1) is 0 Å². The molecule has 1 saturated carbocycles. The second-order valence-corrected chi connectivity index (χ2v) is 8.16. The highest BCUT2D eigenvalue weighted by atomic mass is 32.2. The molecule has 6 heteroatoms. The molecule has 0 spiro atoms. The normalized spacial score (nSPS) is 22.9. The minimum absolute atomic E-state index is 0.0638. The number of hydrogen-bond donors (Lipinski definition) is 2. The van der Waals surface area contributed by atoms with Gasteiger partial charge in [-0.3, -0.25) is 0 Å². The number of hydrogen-bond acceptors (Lipinski definition) is 4. The first kappa shape index (κ1) is 15.7. The Hall–Kier alpha value is -0.720. The summed E-state index contributed by atoms with van der Waals surface area (Å²) in [6.45, 7) is 2.12. The van der Waals surface area contributed by atoms with Crippen LogP contribution in [0, 0.1) is 0 Å². The fourth-order valence-corrected chi connectivity index (χ4v) is 5.14. The van der Waals surface area contributed by atoms with E-state index >= 15 is 0 Å². The third kappa shape index (κ3) is 3.68. The lowest BCUT2D eigenvalue weighted by molar-refractivity contribution is 0.555. The highest BCUT2D eigenvalue weighted by molar-refractivity contribution is 8.00. The minimum Gasteiger partial charge on any atom is -0.388 e. The molecule has 112 valence electrons. The molecular weight excluding hydrogens is 292 g/mol. The Labute approximate surface area is 125 Å². The van der Waals surface area contributed by atoms with Crippen LogP contribution in [0.4, 0.5) is 5.69 Å². The molecule has 4 nitrogen and oxygen atoms in total. The zero-order valence-electron chi connectivity index (χ0n) is 11.9. The van der Waals surface area contributed by atoms with Crippen LogP contribution < -0.4 is 10.0 Å². The van der Waals surface area contributed by atoms with Crippen molar-refractivity contribution in [3.8, 4) is 0 Å². The maximum Gasteiger partial charge on any atom is 0.240 e. The van der Waals surface area contributed by atoms with Crippen molar-refractivity contribution in [2.45, 2.75) is 42.4 Å². The molecule has 0 heterocycles. The molecule has 0 amide bonds. The summed E-state index contributed by atoms with van der Waals surface area (Å²) in [4.78, 5) is 0.337. The SMILES string of the molecule is CCSC1CCCC1NS(=O)(=O)c1ccc(NC)cc1. The molecule has 1 aromatic rings. The van der Waals surface area contributed by atoms with Gasteiger partial charge in [0.1, 0.15) is 0 Å². The van der Waals surface area contributed by atoms with E-state index in [4.69, 9.17) is 0 Å². The summed E-state index contributed by atoms with van der Waals surface area (Å²) in [5, 5.41) is 3.39. The van der Waals surface area contributed by atoms with Gasteiger partial charge in [0, 0.05) is 24.0 Å². The average molecular weight is 314 g/mol. The first-order valence-electron chi connectivity index (χ1n) is 6.98. The third-order valence-corrected chi connectivity index (χ3v) is 6.42. The predicted molar refractivity (Wildman–Crippen MR) is 85.9 cm³/mol. The van der Waals surface area contributed by atoms with Gasteiger partial charge in [-0.2, -0.15) is 11.8 Å². The Balaban J connectivity index is 2.09. The topological polar surface area (TPSA) is 58.2 Å². The number of thioether (sulfide) groups is 1. The number of nitrogens with one attached hydrogen (secondary N) is 2. The zero-order chi connectivity index (χ0) is 14.6. The molecule has 1 aromatic carbocycles. The summed E-state index contributed by atoms with van der Waals surface area (Å²) < 4.78 is 27.7. The van der Waals surface area contributed by atoms with Crippen LogP contribution in [0.2, 0.25) is 0 Å². The van der Waals surface area contributed by atoms with Crippen molar-refractivity contribution in [2.75, 3.05) is 18.1 Å². The van der Waals surface area contributed by atoms with E-state index in [1.807, 2.05) is 18.8 Å². The van der Waals surface area contributed by atoms with Crippen LogP contribution in [0.15, 0.2) is 29.2 Å². The summed E-state index contributed by atoms with van der Waals surface area (Å²) in [5.74, 6) is 1.03. The molecule has 2 N–H and O–H groups in total. The first-order chi connectivity index (χ1) is 9.56. The molecule has 1 aliphatic carbocycles. The molecule has 1 aliphatic rings. The van der Waals surface area contributed by atoms with Crippen LogP contribution in [0.1, 0.15) is 26.2 Å². The number of sulfonamides is 1. The van der Waals surface area contributed by atoms with Crippen LogP contribution >= 0.6 is 11.8 Å². The highest BCUT2D eigenvalue weighted by Gasteiger charge is 2.31. The molecule has 1 fully saturated rings. The molecule has 0 aliphatic heterocycles. The lowest BCUT2D eigenvalue weighted by atomic mass is 10.3. The van der Waals surface area contributed by atoms with Crippen LogP contribution in [0.25, 0.3) is 0 Å². The highest BCUT2D eigenvalue weighted by Crippen LogP contribution is 2.31. The molecule has 20 heavy (non-hydrogen) atoms. The van der Waals surface area contributed by atoms with E-state index in [0.29, 0.717) is 10.1 Å². The predicted octanol–water partition coefficient (Wildman–Crippen LogP) is 2.68. The summed E-state index contributed by atoms with van der Waals surface area (Å²) in [5.41, 5.74) is 0.907. The largest absolute Gasteiger partial charge is 0.388 e. The zero-order valence-corrected chi connectivity index (χ0v) is 13.6. The Morgan fingerprint density at radius 1 is 1.25 bits per heavy atom. The van der Waals surface area contributed by atoms with Crippen LogP contribution in [-0.2, 0) is 10.0 Å². The smallest absolute Gasteiger partial charge is 0.240 e. The van der Waals surface area contributed by atoms with E-state index in [1.54, 1.807) is 24.3 Å². The summed E-state index contributed by atoms with van der Waals surface area (Å²) in [6.07, 6.45) is 3.14. The van der Waals surface area contributed by atoms with Crippen molar-refractivity contribution < 1.29 is 8.42 Å². The van der Waals surface area contributed by atoms with Gasteiger partial charge in [-0.05, 0) is 42.9 Å². The average Bonchev–Trinajstić information content (AvgIpc) is 2.86. The second kappa shape index (κ2) is 6.83. The van der Waals surface area contributed by atoms with Crippen molar-refractivity contribution in [2.24, 2.45) is 0 Å². The van der Waals surface area contributed by atoms with Crippen LogP contribution in [0.5, 0.6) is 0 Å². The van der Waals surface area contributed by atoms with Crippen molar-refractivity contribution in [1.29, 1.82) is 0 Å².